The Bertz CT molecular complexity index is 430. The van der Waals surface area contributed by atoms with Crippen molar-refractivity contribution >= 4 is 11.7 Å². The van der Waals surface area contributed by atoms with Gasteiger partial charge in [-0.05, 0) is 30.4 Å². The number of rotatable bonds is 4. The summed E-state index contributed by atoms with van der Waals surface area (Å²) in [7, 11) is 3.41. The number of carbonyl (C=O) groups is 1. The van der Waals surface area contributed by atoms with Gasteiger partial charge in [0.15, 0.2) is 5.69 Å². The second-order valence-corrected chi connectivity index (χ2v) is 5.55. The zero-order valence-electron chi connectivity index (χ0n) is 11.9. The molecule has 5 nitrogen and oxygen atoms in total. The highest BCUT2D eigenvalue weighted by atomic mass is 16.2. The fourth-order valence-corrected chi connectivity index (χ4v) is 2.53. The van der Waals surface area contributed by atoms with Crippen LogP contribution in [0.2, 0.25) is 0 Å². The molecule has 104 valence electrons. The molecule has 1 saturated carbocycles. The Morgan fingerprint density at radius 1 is 1.37 bits per heavy atom. The average molecular weight is 262 g/mol. The molecule has 0 radical (unpaired) electrons. The van der Waals surface area contributed by atoms with Crippen molar-refractivity contribution < 1.29 is 4.79 Å². The van der Waals surface area contributed by atoms with Gasteiger partial charge in [-0.2, -0.15) is 0 Å². The third-order valence-corrected chi connectivity index (χ3v) is 3.87. The molecule has 0 spiro atoms. The van der Waals surface area contributed by atoms with Crippen molar-refractivity contribution in [3.8, 4) is 0 Å². The molecular formula is C14H22N4O. The monoisotopic (exact) mass is 262 g/mol. The fraction of sp³-hybridized carbons (Fsp3) is 0.643. The van der Waals surface area contributed by atoms with Crippen LogP contribution in [0.1, 0.15) is 36.7 Å². The van der Waals surface area contributed by atoms with Crippen molar-refractivity contribution in [2.45, 2.75) is 26.2 Å². The van der Waals surface area contributed by atoms with Crippen LogP contribution in [0, 0.1) is 11.8 Å². The molecule has 0 aromatic carbocycles. The van der Waals surface area contributed by atoms with E-state index < -0.39 is 0 Å². The first-order valence-electron chi connectivity index (χ1n) is 6.87. The molecule has 0 aliphatic heterocycles. The number of anilines is 1. The number of carbonyl (C=O) groups excluding carboxylic acids is 1. The zero-order valence-corrected chi connectivity index (χ0v) is 11.9. The van der Waals surface area contributed by atoms with Crippen molar-refractivity contribution in [2.24, 2.45) is 11.8 Å². The van der Waals surface area contributed by atoms with Crippen molar-refractivity contribution in [1.29, 1.82) is 0 Å². The first kappa shape index (κ1) is 13.8. The quantitative estimate of drug-likeness (QED) is 0.902. The lowest BCUT2D eigenvalue weighted by atomic mass is 9.98. The zero-order chi connectivity index (χ0) is 13.8. The first-order chi connectivity index (χ1) is 9.08. The van der Waals surface area contributed by atoms with Gasteiger partial charge in [-0.15, -0.1) is 10.2 Å². The Labute approximate surface area is 114 Å². The summed E-state index contributed by atoms with van der Waals surface area (Å²) in [5, 5.41) is 11.3. The van der Waals surface area contributed by atoms with Crippen LogP contribution in [0.15, 0.2) is 12.1 Å². The van der Waals surface area contributed by atoms with Crippen molar-refractivity contribution in [3.05, 3.63) is 17.8 Å². The molecule has 2 rings (SSSR count). The van der Waals surface area contributed by atoms with Gasteiger partial charge in [-0.1, -0.05) is 19.8 Å². The van der Waals surface area contributed by atoms with E-state index in [-0.39, 0.29) is 5.91 Å². The molecule has 1 aliphatic carbocycles. The number of nitrogens with one attached hydrogen (secondary N) is 1. The molecule has 1 aromatic heterocycles. The maximum Gasteiger partial charge on any atom is 0.273 e. The van der Waals surface area contributed by atoms with E-state index in [1.807, 2.05) is 6.07 Å². The van der Waals surface area contributed by atoms with Gasteiger partial charge < -0.3 is 10.2 Å². The molecule has 5 heteroatoms. The van der Waals surface area contributed by atoms with E-state index in [1.165, 1.54) is 24.2 Å². The summed E-state index contributed by atoms with van der Waals surface area (Å²) in [5.74, 6) is 2.14. The van der Waals surface area contributed by atoms with E-state index >= 15 is 0 Å². The van der Waals surface area contributed by atoms with Crippen LogP contribution in [0.4, 0.5) is 5.82 Å². The van der Waals surface area contributed by atoms with Crippen molar-refractivity contribution in [2.75, 3.05) is 26.0 Å². The van der Waals surface area contributed by atoms with Gasteiger partial charge in [-0.25, -0.2) is 0 Å². The van der Waals surface area contributed by atoms with Crippen molar-refractivity contribution in [3.63, 3.8) is 0 Å². The third kappa shape index (κ3) is 3.43. The van der Waals surface area contributed by atoms with Crippen LogP contribution < -0.4 is 5.32 Å². The predicted molar refractivity (Wildman–Crippen MR) is 75.0 cm³/mol. The van der Waals surface area contributed by atoms with Crippen LogP contribution in [0.25, 0.3) is 0 Å². The smallest absolute Gasteiger partial charge is 0.273 e. The second kappa shape index (κ2) is 5.99. The minimum atomic E-state index is -0.122. The third-order valence-electron chi connectivity index (χ3n) is 3.87. The summed E-state index contributed by atoms with van der Waals surface area (Å²) in [4.78, 5) is 13.2. The standard InChI is InChI=1S/C14H22N4O/c1-10-5-4-6-11(10)9-15-13-8-7-12(16-17-13)14(19)18(2)3/h7-8,10-11H,4-6,9H2,1-3H3,(H,15,17). The SMILES string of the molecule is CC1CCCC1CNc1ccc(C(=O)N(C)C)nn1. The molecule has 2 atom stereocenters. The minimum Gasteiger partial charge on any atom is -0.368 e. The van der Waals surface area contributed by atoms with Gasteiger partial charge in [0.25, 0.3) is 5.91 Å². The molecule has 1 amide bonds. The van der Waals surface area contributed by atoms with Crippen LogP contribution in [-0.4, -0.2) is 41.6 Å². The summed E-state index contributed by atoms with van der Waals surface area (Å²) in [5.41, 5.74) is 0.379. The lowest BCUT2D eigenvalue weighted by molar-refractivity contribution is 0.0821. The Morgan fingerprint density at radius 3 is 2.68 bits per heavy atom. The van der Waals surface area contributed by atoms with Gasteiger partial charge >= 0.3 is 0 Å². The van der Waals surface area contributed by atoms with E-state index in [0.29, 0.717) is 5.69 Å². The summed E-state index contributed by atoms with van der Waals surface area (Å²) in [6.07, 6.45) is 3.95. The molecular weight excluding hydrogens is 240 g/mol. The number of hydrogen-bond acceptors (Lipinski definition) is 4. The lowest BCUT2D eigenvalue weighted by Crippen LogP contribution is -2.23. The van der Waals surface area contributed by atoms with Crippen LogP contribution in [0.5, 0.6) is 0 Å². The maximum atomic E-state index is 11.7. The van der Waals surface area contributed by atoms with Gasteiger partial charge in [0.05, 0.1) is 0 Å². The largest absolute Gasteiger partial charge is 0.368 e. The van der Waals surface area contributed by atoms with E-state index in [2.05, 4.69) is 22.4 Å². The summed E-state index contributed by atoms with van der Waals surface area (Å²) in [6.45, 7) is 3.25. The molecule has 2 unspecified atom stereocenters. The van der Waals surface area contributed by atoms with Crippen LogP contribution in [0.3, 0.4) is 0 Å². The van der Waals surface area contributed by atoms with E-state index in [9.17, 15) is 4.79 Å². The number of nitrogens with zero attached hydrogens (tertiary/aromatic N) is 3. The van der Waals surface area contributed by atoms with Gasteiger partial charge in [-0.3, -0.25) is 4.79 Å². The Hall–Kier alpha value is -1.65. The van der Waals surface area contributed by atoms with Gasteiger partial charge in [0.2, 0.25) is 0 Å². The van der Waals surface area contributed by atoms with Crippen molar-refractivity contribution in [1.82, 2.24) is 15.1 Å². The normalized spacial score (nSPS) is 22.3. The molecule has 0 saturated heterocycles. The van der Waals surface area contributed by atoms with Gasteiger partial charge in [0.1, 0.15) is 5.82 Å². The Kier molecular flexibility index (Phi) is 4.35. The van der Waals surface area contributed by atoms with E-state index in [1.54, 1.807) is 20.2 Å². The predicted octanol–water partition coefficient (Wildman–Crippen LogP) is 2.03. The highest BCUT2D eigenvalue weighted by Crippen LogP contribution is 2.30. The average Bonchev–Trinajstić information content (AvgIpc) is 2.81. The molecule has 0 bridgehead atoms. The number of aromatic nitrogens is 2. The first-order valence-corrected chi connectivity index (χ1v) is 6.87. The van der Waals surface area contributed by atoms with E-state index in [0.717, 1.165) is 24.2 Å². The lowest BCUT2D eigenvalue weighted by Gasteiger charge is -2.16. The highest BCUT2D eigenvalue weighted by Gasteiger charge is 2.22. The Balaban J connectivity index is 1.90. The molecule has 1 aromatic rings. The molecule has 1 heterocycles. The minimum absolute atomic E-state index is 0.122. The van der Waals surface area contributed by atoms with Crippen LogP contribution >= 0.6 is 0 Å². The van der Waals surface area contributed by atoms with Crippen LogP contribution in [-0.2, 0) is 0 Å². The fourth-order valence-electron chi connectivity index (χ4n) is 2.53. The second-order valence-electron chi connectivity index (χ2n) is 5.55. The topological polar surface area (TPSA) is 58.1 Å². The molecule has 1 N–H and O–H groups in total. The highest BCUT2D eigenvalue weighted by molar-refractivity contribution is 5.91. The summed E-state index contributed by atoms with van der Waals surface area (Å²) in [6, 6.07) is 3.54. The summed E-state index contributed by atoms with van der Waals surface area (Å²) >= 11 is 0. The number of hydrogen-bond donors (Lipinski definition) is 1. The van der Waals surface area contributed by atoms with E-state index in [4.69, 9.17) is 0 Å². The number of amides is 1. The molecule has 1 fully saturated rings. The molecule has 19 heavy (non-hydrogen) atoms. The summed E-state index contributed by atoms with van der Waals surface area (Å²) < 4.78 is 0. The molecule has 1 aliphatic rings. The van der Waals surface area contributed by atoms with Gasteiger partial charge in [0, 0.05) is 20.6 Å². The maximum absolute atomic E-state index is 11.7. The Morgan fingerprint density at radius 2 is 2.16 bits per heavy atom.